The lowest BCUT2D eigenvalue weighted by molar-refractivity contribution is 0.131. The molecule has 1 heterocycles. The highest BCUT2D eigenvalue weighted by Crippen LogP contribution is 2.47. The van der Waals surface area contributed by atoms with Crippen LogP contribution in [0.15, 0.2) is 30.3 Å². The van der Waals surface area contributed by atoms with Crippen LogP contribution in [0.1, 0.15) is 44.2 Å². The normalized spacial score (nSPS) is 33.0. The standard InChI is InChI=1S/C16H20N2/c1-13(15-7-3-2-4-8-15)18-11-14-6-5-9-16(18,10-14)12-17/h2-4,7-8,13-14H,5-6,9-11H2,1H3/t13-,14-,16+/m0/s1. The van der Waals surface area contributed by atoms with Crippen molar-refractivity contribution >= 4 is 0 Å². The molecule has 1 saturated carbocycles. The van der Waals surface area contributed by atoms with Crippen molar-refractivity contribution in [3.05, 3.63) is 35.9 Å². The highest BCUT2D eigenvalue weighted by molar-refractivity contribution is 5.23. The van der Waals surface area contributed by atoms with E-state index >= 15 is 0 Å². The Balaban J connectivity index is 1.90. The Morgan fingerprint density at radius 2 is 2.17 bits per heavy atom. The summed E-state index contributed by atoms with van der Waals surface area (Å²) in [5.41, 5.74) is 1.15. The molecular weight excluding hydrogens is 220 g/mol. The molecule has 0 amide bonds. The molecule has 2 bridgehead atoms. The van der Waals surface area contributed by atoms with E-state index in [2.05, 4.69) is 48.2 Å². The molecular formula is C16H20N2. The summed E-state index contributed by atoms with van der Waals surface area (Å²) in [6.45, 7) is 3.35. The fourth-order valence-corrected chi connectivity index (χ4v) is 3.84. The molecule has 2 nitrogen and oxygen atoms in total. The summed E-state index contributed by atoms with van der Waals surface area (Å²) in [5.74, 6) is 0.740. The zero-order chi connectivity index (χ0) is 12.6. The van der Waals surface area contributed by atoms with E-state index in [9.17, 15) is 5.26 Å². The van der Waals surface area contributed by atoms with Crippen LogP contribution in [-0.4, -0.2) is 17.0 Å². The third-order valence-electron chi connectivity index (χ3n) is 4.79. The minimum atomic E-state index is -0.182. The summed E-state index contributed by atoms with van der Waals surface area (Å²) in [6.07, 6.45) is 4.66. The second-order valence-electron chi connectivity index (χ2n) is 5.84. The molecule has 0 aromatic heterocycles. The van der Waals surface area contributed by atoms with Gasteiger partial charge in [0, 0.05) is 12.6 Å². The number of nitriles is 1. The van der Waals surface area contributed by atoms with Gasteiger partial charge in [-0.15, -0.1) is 0 Å². The molecule has 1 aromatic carbocycles. The van der Waals surface area contributed by atoms with Gasteiger partial charge in [-0.25, -0.2) is 0 Å². The Labute approximate surface area is 109 Å². The van der Waals surface area contributed by atoms with Crippen molar-refractivity contribution < 1.29 is 0 Å². The first kappa shape index (κ1) is 11.7. The first-order valence-electron chi connectivity index (χ1n) is 6.98. The van der Waals surface area contributed by atoms with Crippen LogP contribution >= 0.6 is 0 Å². The Morgan fingerprint density at radius 1 is 1.39 bits per heavy atom. The molecule has 3 atom stereocenters. The molecule has 3 rings (SSSR count). The molecule has 18 heavy (non-hydrogen) atoms. The zero-order valence-electron chi connectivity index (χ0n) is 11.0. The van der Waals surface area contributed by atoms with Gasteiger partial charge in [-0.2, -0.15) is 5.26 Å². The molecule has 94 valence electrons. The molecule has 0 N–H and O–H groups in total. The van der Waals surface area contributed by atoms with Gasteiger partial charge in [0.05, 0.1) is 6.07 Å². The van der Waals surface area contributed by atoms with Gasteiger partial charge in [-0.1, -0.05) is 36.8 Å². The van der Waals surface area contributed by atoms with Crippen LogP contribution in [0.5, 0.6) is 0 Å². The van der Waals surface area contributed by atoms with Crippen LogP contribution in [-0.2, 0) is 0 Å². The Kier molecular flexibility index (Phi) is 2.87. The number of hydrogen-bond acceptors (Lipinski definition) is 2. The predicted molar refractivity (Wildman–Crippen MR) is 71.9 cm³/mol. The molecule has 1 aliphatic heterocycles. The van der Waals surface area contributed by atoms with E-state index < -0.39 is 0 Å². The summed E-state index contributed by atoms with van der Waals surface area (Å²) in [7, 11) is 0. The van der Waals surface area contributed by atoms with E-state index in [0.717, 1.165) is 25.3 Å². The molecule has 2 heteroatoms. The number of rotatable bonds is 2. The van der Waals surface area contributed by atoms with Crippen LogP contribution in [0.3, 0.4) is 0 Å². The predicted octanol–water partition coefficient (Wildman–Crippen LogP) is 3.52. The van der Waals surface area contributed by atoms with Crippen LogP contribution in [0.4, 0.5) is 0 Å². The van der Waals surface area contributed by atoms with Gasteiger partial charge >= 0.3 is 0 Å². The van der Waals surface area contributed by atoms with Crippen molar-refractivity contribution in [2.45, 2.75) is 44.2 Å². The third kappa shape index (κ3) is 1.74. The maximum Gasteiger partial charge on any atom is 0.110 e. The minimum Gasteiger partial charge on any atom is -0.278 e. The molecule has 0 unspecified atom stereocenters. The summed E-state index contributed by atoms with van der Waals surface area (Å²) in [6, 6.07) is 13.6. The molecule has 1 aromatic rings. The van der Waals surface area contributed by atoms with Gasteiger partial charge in [0.25, 0.3) is 0 Å². The van der Waals surface area contributed by atoms with Crippen LogP contribution in [0, 0.1) is 17.2 Å². The smallest absolute Gasteiger partial charge is 0.110 e. The number of likely N-dealkylation sites (tertiary alicyclic amines) is 1. The maximum absolute atomic E-state index is 9.64. The topological polar surface area (TPSA) is 27.0 Å². The highest BCUT2D eigenvalue weighted by atomic mass is 15.3. The zero-order valence-corrected chi connectivity index (χ0v) is 11.0. The largest absolute Gasteiger partial charge is 0.278 e. The molecule has 1 aliphatic carbocycles. The summed E-state index contributed by atoms with van der Waals surface area (Å²) in [5, 5.41) is 9.64. The van der Waals surface area contributed by atoms with E-state index in [1.807, 2.05) is 0 Å². The first-order valence-corrected chi connectivity index (χ1v) is 6.98. The average Bonchev–Trinajstić information content (AvgIpc) is 2.70. The van der Waals surface area contributed by atoms with Crippen molar-refractivity contribution in [2.75, 3.05) is 6.54 Å². The first-order chi connectivity index (χ1) is 8.75. The maximum atomic E-state index is 9.64. The fraction of sp³-hybridized carbons (Fsp3) is 0.562. The van der Waals surface area contributed by atoms with Gasteiger partial charge in [0.2, 0.25) is 0 Å². The van der Waals surface area contributed by atoms with Gasteiger partial charge in [-0.05, 0) is 37.7 Å². The average molecular weight is 240 g/mol. The van der Waals surface area contributed by atoms with Crippen LogP contribution in [0.2, 0.25) is 0 Å². The van der Waals surface area contributed by atoms with E-state index in [-0.39, 0.29) is 5.54 Å². The third-order valence-corrected chi connectivity index (χ3v) is 4.79. The van der Waals surface area contributed by atoms with Crippen molar-refractivity contribution in [1.82, 2.24) is 4.90 Å². The van der Waals surface area contributed by atoms with Gasteiger partial charge in [0.15, 0.2) is 0 Å². The molecule has 0 radical (unpaired) electrons. The number of hydrogen-bond donors (Lipinski definition) is 0. The molecule has 1 saturated heterocycles. The lowest BCUT2D eigenvalue weighted by Gasteiger charge is -2.37. The van der Waals surface area contributed by atoms with Crippen molar-refractivity contribution in [3.63, 3.8) is 0 Å². The summed E-state index contributed by atoms with van der Waals surface area (Å²) < 4.78 is 0. The quantitative estimate of drug-likeness (QED) is 0.791. The highest BCUT2D eigenvalue weighted by Gasteiger charge is 2.49. The number of benzene rings is 1. The van der Waals surface area contributed by atoms with Gasteiger partial charge in [0.1, 0.15) is 5.54 Å². The Bertz CT molecular complexity index is 462. The Hall–Kier alpha value is -1.33. The molecule has 2 fully saturated rings. The van der Waals surface area contributed by atoms with E-state index in [1.165, 1.54) is 18.4 Å². The lowest BCUT2D eigenvalue weighted by atomic mass is 9.80. The summed E-state index contributed by atoms with van der Waals surface area (Å²) >= 11 is 0. The van der Waals surface area contributed by atoms with E-state index in [4.69, 9.17) is 0 Å². The fourth-order valence-electron chi connectivity index (χ4n) is 3.84. The summed E-state index contributed by atoms with van der Waals surface area (Å²) in [4.78, 5) is 2.46. The van der Waals surface area contributed by atoms with Gasteiger partial charge in [-0.3, -0.25) is 4.90 Å². The van der Waals surface area contributed by atoms with Crippen LogP contribution < -0.4 is 0 Å². The monoisotopic (exact) mass is 240 g/mol. The lowest BCUT2D eigenvalue weighted by Crippen LogP contribution is -2.43. The number of fused-ring (bicyclic) bond motifs is 2. The SMILES string of the molecule is C[C@@H](c1ccccc1)N1C[C@H]2CCC[C@]1(C#N)C2. The van der Waals surface area contributed by atoms with E-state index in [1.54, 1.807) is 0 Å². The second-order valence-corrected chi connectivity index (χ2v) is 5.84. The second kappa shape index (κ2) is 4.40. The van der Waals surface area contributed by atoms with Crippen molar-refractivity contribution in [1.29, 1.82) is 5.26 Å². The van der Waals surface area contributed by atoms with Crippen LogP contribution in [0.25, 0.3) is 0 Å². The molecule has 0 spiro atoms. The van der Waals surface area contributed by atoms with Crippen molar-refractivity contribution in [2.24, 2.45) is 5.92 Å². The molecule has 2 aliphatic rings. The van der Waals surface area contributed by atoms with Crippen molar-refractivity contribution in [3.8, 4) is 6.07 Å². The minimum absolute atomic E-state index is 0.182. The number of nitrogens with zero attached hydrogens (tertiary/aromatic N) is 2. The Morgan fingerprint density at radius 3 is 2.89 bits per heavy atom. The van der Waals surface area contributed by atoms with Gasteiger partial charge < -0.3 is 0 Å². The van der Waals surface area contributed by atoms with E-state index in [0.29, 0.717) is 6.04 Å².